The molecule has 1 N–H and O–H groups in total. The Labute approximate surface area is 134 Å². The molecule has 1 aromatic rings. The van der Waals surface area contributed by atoms with E-state index in [1.165, 1.54) is 42.8 Å². The molecule has 0 amide bonds. The maximum absolute atomic E-state index is 5.04. The first-order valence-corrected chi connectivity index (χ1v) is 9.28. The zero-order valence-electron chi connectivity index (χ0n) is 14.7. The van der Waals surface area contributed by atoms with Gasteiger partial charge in [-0.3, -0.25) is 0 Å². The molecule has 0 saturated heterocycles. The van der Waals surface area contributed by atoms with Crippen molar-refractivity contribution in [2.45, 2.75) is 84.6 Å². The molecule has 1 saturated carbocycles. The highest BCUT2D eigenvalue weighted by molar-refractivity contribution is 7.09. The SMILES string of the molecule is CCNC1(c2nc(C(C)(C)C)cs2)CCCC(C)(C)CC1. The smallest absolute Gasteiger partial charge is 0.113 e. The lowest BCUT2D eigenvalue weighted by atomic mass is 9.83. The van der Waals surface area contributed by atoms with E-state index in [-0.39, 0.29) is 11.0 Å². The van der Waals surface area contributed by atoms with Crippen LogP contribution in [0, 0.1) is 5.41 Å². The minimum atomic E-state index is 0.108. The molecule has 0 radical (unpaired) electrons. The third-order valence-corrected chi connectivity index (χ3v) is 5.93. The van der Waals surface area contributed by atoms with E-state index in [1.54, 1.807) is 0 Å². The second kappa shape index (κ2) is 6.00. The number of aromatic nitrogens is 1. The molecule has 0 aliphatic heterocycles. The van der Waals surface area contributed by atoms with E-state index in [9.17, 15) is 0 Å². The molecule has 1 aliphatic rings. The van der Waals surface area contributed by atoms with Gasteiger partial charge in [0.15, 0.2) is 0 Å². The predicted molar refractivity (Wildman–Crippen MR) is 93.0 cm³/mol. The Morgan fingerprint density at radius 2 is 1.90 bits per heavy atom. The second-order valence-corrected chi connectivity index (χ2v) is 9.28. The van der Waals surface area contributed by atoms with Gasteiger partial charge in [0.05, 0.1) is 11.2 Å². The topological polar surface area (TPSA) is 24.9 Å². The Kier molecular flexibility index (Phi) is 4.84. The van der Waals surface area contributed by atoms with Crippen LogP contribution in [0.5, 0.6) is 0 Å². The van der Waals surface area contributed by atoms with Crippen LogP contribution in [-0.4, -0.2) is 11.5 Å². The van der Waals surface area contributed by atoms with E-state index in [0.29, 0.717) is 5.41 Å². The fourth-order valence-electron chi connectivity index (χ4n) is 3.31. The molecule has 0 spiro atoms. The van der Waals surface area contributed by atoms with Gasteiger partial charge in [-0.1, -0.05) is 48.0 Å². The Morgan fingerprint density at radius 3 is 2.48 bits per heavy atom. The van der Waals surface area contributed by atoms with Crippen molar-refractivity contribution in [2.24, 2.45) is 5.41 Å². The number of rotatable bonds is 3. The lowest BCUT2D eigenvalue weighted by Crippen LogP contribution is -2.42. The van der Waals surface area contributed by atoms with E-state index < -0.39 is 0 Å². The number of thiazole rings is 1. The molecule has 1 aliphatic carbocycles. The summed E-state index contributed by atoms with van der Waals surface area (Å²) < 4.78 is 0. The molecule has 2 rings (SSSR count). The summed E-state index contributed by atoms with van der Waals surface area (Å²) in [5.41, 5.74) is 1.97. The van der Waals surface area contributed by atoms with Crippen LogP contribution in [0.25, 0.3) is 0 Å². The lowest BCUT2D eigenvalue weighted by molar-refractivity contribution is 0.267. The van der Waals surface area contributed by atoms with Crippen LogP contribution < -0.4 is 5.32 Å². The van der Waals surface area contributed by atoms with Crippen LogP contribution in [-0.2, 0) is 11.0 Å². The third-order valence-electron chi connectivity index (χ3n) is 4.88. The Morgan fingerprint density at radius 1 is 1.19 bits per heavy atom. The summed E-state index contributed by atoms with van der Waals surface area (Å²) in [5, 5.41) is 7.39. The summed E-state index contributed by atoms with van der Waals surface area (Å²) in [4.78, 5) is 5.04. The molecule has 120 valence electrons. The summed E-state index contributed by atoms with van der Waals surface area (Å²) >= 11 is 1.86. The number of nitrogens with one attached hydrogen (secondary N) is 1. The van der Waals surface area contributed by atoms with Crippen molar-refractivity contribution in [3.8, 4) is 0 Å². The second-order valence-electron chi connectivity index (χ2n) is 8.42. The number of hydrogen-bond acceptors (Lipinski definition) is 3. The minimum absolute atomic E-state index is 0.108. The minimum Gasteiger partial charge on any atom is -0.306 e. The summed E-state index contributed by atoms with van der Waals surface area (Å²) in [5.74, 6) is 0. The van der Waals surface area contributed by atoms with Crippen molar-refractivity contribution in [1.82, 2.24) is 10.3 Å². The Bertz CT molecular complexity index is 470. The lowest BCUT2D eigenvalue weighted by Gasteiger charge is -2.32. The predicted octanol–water partition coefficient (Wildman–Crippen LogP) is 5.24. The largest absolute Gasteiger partial charge is 0.306 e. The highest BCUT2D eigenvalue weighted by Crippen LogP contribution is 2.44. The fraction of sp³-hybridized carbons (Fsp3) is 0.833. The van der Waals surface area contributed by atoms with Gasteiger partial charge in [0.25, 0.3) is 0 Å². The van der Waals surface area contributed by atoms with Crippen LogP contribution >= 0.6 is 11.3 Å². The zero-order valence-corrected chi connectivity index (χ0v) is 15.5. The molecule has 21 heavy (non-hydrogen) atoms. The summed E-state index contributed by atoms with van der Waals surface area (Å²) in [7, 11) is 0. The molecule has 0 bridgehead atoms. The Hall–Kier alpha value is -0.410. The summed E-state index contributed by atoms with van der Waals surface area (Å²) in [6, 6.07) is 0. The molecular weight excluding hydrogens is 276 g/mol. The third kappa shape index (κ3) is 3.87. The summed E-state index contributed by atoms with van der Waals surface area (Å²) in [6.45, 7) is 14.8. The maximum Gasteiger partial charge on any atom is 0.113 e. The molecule has 3 heteroatoms. The van der Waals surface area contributed by atoms with Crippen molar-refractivity contribution in [2.75, 3.05) is 6.54 Å². The normalized spacial score (nSPS) is 26.6. The monoisotopic (exact) mass is 308 g/mol. The van der Waals surface area contributed by atoms with Gasteiger partial charge in [-0.25, -0.2) is 4.98 Å². The van der Waals surface area contributed by atoms with Crippen LogP contribution in [0.2, 0.25) is 0 Å². The molecule has 1 fully saturated rings. The van der Waals surface area contributed by atoms with Gasteiger partial charge in [-0.05, 0) is 37.6 Å². The van der Waals surface area contributed by atoms with Gasteiger partial charge in [0.2, 0.25) is 0 Å². The molecule has 1 atom stereocenters. The average molecular weight is 309 g/mol. The molecular formula is C18H32N2S. The first-order chi connectivity index (χ1) is 9.69. The van der Waals surface area contributed by atoms with Crippen molar-refractivity contribution < 1.29 is 0 Å². The van der Waals surface area contributed by atoms with E-state index in [0.717, 1.165) is 6.54 Å². The molecule has 1 unspecified atom stereocenters. The van der Waals surface area contributed by atoms with Gasteiger partial charge < -0.3 is 5.32 Å². The van der Waals surface area contributed by atoms with Gasteiger partial charge in [0, 0.05) is 10.8 Å². The van der Waals surface area contributed by atoms with Gasteiger partial charge in [-0.15, -0.1) is 11.3 Å². The fourth-order valence-corrected chi connectivity index (χ4v) is 4.60. The molecule has 1 aromatic heterocycles. The quantitative estimate of drug-likeness (QED) is 0.773. The van der Waals surface area contributed by atoms with Gasteiger partial charge in [-0.2, -0.15) is 0 Å². The average Bonchev–Trinajstić information content (AvgIpc) is 2.80. The van der Waals surface area contributed by atoms with Crippen LogP contribution in [0.15, 0.2) is 5.38 Å². The Balaban J connectivity index is 2.31. The standard InChI is InChI=1S/C18H32N2S/c1-7-19-18(10-8-9-17(5,6)11-12-18)15-20-14(13-21-15)16(2,3)4/h13,19H,7-12H2,1-6H3. The van der Waals surface area contributed by atoms with Gasteiger partial charge >= 0.3 is 0 Å². The highest BCUT2D eigenvalue weighted by Gasteiger charge is 2.39. The van der Waals surface area contributed by atoms with Crippen molar-refractivity contribution in [1.29, 1.82) is 0 Å². The van der Waals surface area contributed by atoms with Crippen LogP contribution in [0.1, 0.15) is 84.3 Å². The zero-order chi connectivity index (χ0) is 15.7. The van der Waals surface area contributed by atoms with Crippen LogP contribution in [0.4, 0.5) is 0 Å². The van der Waals surface area contributed by atoms with E-state index in [1.807, 2.05) is 11.3 Å². The van der Waals surface area contributed by atoms with Crippen LogP contribution in [0.3, 0.4) is 0 Å². The van der Waals surface area contributed by atoms with Crippen molar-refractivity contribution in [3.05, 3.63) is 16.1 Å². The summed E-state index contributed by atoms with van der Waals surface area (Å²) in [6.07, 6.45) is 6.35. The first-order valence-electron chi connectivity index (χ1n) is 8.40. The molecule has 1 heterocycles. The number of hydrogen-bond donors (Lipinski definition) is 1. The molecule has 2 nitrogen and oxygen atoms in total. The van der Waals surface area contributed by atoms with Crippen molar-refractivity contribution >= 4 is 11.3 Å². The highest BCUT2D eigenvalue weighted by atomic mass is 32.1. The van der Waals surface area contributed by atoms with E-state index in [2.05, 4.69) is 52.2 Å². The number of nitrogens with zero attached hydrogens (tertiary/aromatic N) is 1. The van der Waals surface area contributed by atoms with Gasteiger partial charge in [0.1, 0.15) is 5.01 Å². The molecule has 0 aromatic carbocycles. The maximum atomic E-state index is 5.04. The van der Waals surface area contributed by atoms with Crippen molar-refractivity contribution in [3.63, 3.8) is 0 Å². The van der Waals surface area contributed by atoms with E-state index >= 15 is 0 Å². The first kappa shape index (κ1) is 17.0. The van der Waals surface area contributed by atoms with E-state index in [4.69, 9.17) is 4.98 Å².